The molecule has 78 valence electrons. The number of hydrogen-bond donors (Lipinski definition) is 2. The van der Waals surface area contributed by atoms with Gasteiger partial charge in [0.05, 0.1) is 12.0 Å². The van der Waals surface area contributed by atoms with Crippen LogP contribution in [0.1, 0.15) is 11.7 Å². The largest absolute Gasteiger partial charge is 0.389 e. The molecule has 2 N–H and O–H groups in total. The van der Waals surface area contributed by atoms with E-state index in [2.05, 4.69) is 15.9 Å². The van der Waals surface area contributed by atoms with E-state index in [4.69, 9.17) is 11.6 Å². The Kier molecular flexibility index (Phi) is 4.31. The van der Waals surface area contributed by atoms with Crippen LogP contribution in [-0.4, -0.2) is 22.2 Å². The van der Waals surface area contributed by atoms with Crippen molar-refractivity contribution in [3.63, 3.8) is 0 Å². The maximum atomic E-state index is 12.8. The van der Waals surface area contributed by atoms with Crippen molar-refractivity contribution >= 4 is 27.5 Å². The summed E-state index contributed by atoms with van der Waals surface area (Å²) in [5.74, 6) is -0.576. The predicted molar refractivity (Wildman–Crippen MR) is 55.8 cm³/mol. The molecule has 5 heteroatoms. The quantitative estimate of drug-likeness (QED) is 0.835. The third kappa shape index (κ3) is 2.67. The fourth-order valence-corrected chi connectivity index (χ4v) is 1.68. The van der Waals surface area contributed by atoms with Crippen LogP contribution in [0.15, 0.2) is 22.7 Å². The van der Waals surface area contributed by atoms with E-state index < -0.39 is 18.0 Å². The zero-order valence-electron chi connectivity index (χ0n) is 7.12. The molecule has 0 saturated heterocycles. The van der Waals surface area contributed by atoms with Crippen LogP contribution in [0.3, 0.4) is 0 Å². The molecule has 2 unspecified atom stereocenters. The van der Waals surface area contributed by atoms with E-state index in [1.165, 1.54) is 12.1 Å². The molecule has 14 heavy (non-hydrogen) atoms. The maximum Gasteiger partial charge on any atom is 0.123 e. The molecule has 0 bridgehead atoms. The van der Waals surface area contributed by atoms with Gasteiger partial charge in [0.25, 0.3) is 0 Å². The summed E-state index contributed by atoms with van der Waals surface area (Å²) < 4.78 is 13.4. The van der Waals surface area contributed by atoms with Gasteiger partial charge in [0.15, 0.2) is 0 Å². The molecule has 2 nitrogen and oxygen atoms in total. The molecule has 0 aliphatic carbocycles. The van der Waals surface area contributed by atoms with Gasteiger partial charge in [-0.3, -0.25) is 0 Å². The van der Waals surface area contributed by atoms with E-state index in [1.54, 1.807) is 0 Å². The second-order valence-corrected chi connectivity index (χ2v) is 4.00. The smallest absolute Gasteiger partial charge is 0.123 e. The standard InChI is InChI=1S/C9H9BrClFO2/c10-7-2-1-5(12)3-6(7)9(14)8(13)4-11/h1-3,8-9,13-14H,4H2. The normalized spacial score (nSPS) is 15.2. The van der Waals surface area contributed by atoms with Crippen LogP contribution >= 0.6 is 27.5 Å². The summed E-state index contributed by atoms with van der Waals surface area (Å²) >= 11 is 8.52. The summed E-state index contributed by atoms with van der Waals surface area (Å²) in [6.07, 6.45) is -2.28. The zero-order chi connectivity index (χ0) is 10.7. The third-order valence-electron chi connectivity index (χ3n) is 1.80. The van der Waals surface area contributed by atoms with Gasteiger partial charge >= 0.3 is 0 Å². The van der Waals surface area contributed by atoms with Gasteiger partial charge in [0, 0.05) is 10.0 Å². The monoisotopic (exact) mass is 282 g/mol. The minimum absolute atomic E-state index is 0.107. The molecule has 0 spiro atoms. The SMILES string of the molecule is OC(CCl)C(O)c1cc(F)ccc1Br. The summed E-state index contributed by atoms with van der Waals surface area (Å²) in [4.78, 5) is 0. The van der Waals surface area contributed by atoms with E-state index in [9.17, 15) is 14.6 Å². The van der Waals surface area contributed by atoms with Crippen LogP contribution < -0.4 is 0 Å². The highest BCUT2D eigenvalue weighted by Crippen LogP contribution is 2.26. The van der Waals surface area contributed by atoms with Crippen LogP contribution in [0.25, 0.3) is 0 Å². The lowest BCUT2D eigenvalue weighted by molar-refractivity contribution is 0.0321. The average molecular weight is 284 g/mol. The average Bonchev–Trinajstić information content (AvgIpc) is 2.19. The third-order valence-corrected chi connectivity index (χ3v) is 2.84. The Hall–Kier alpha value is -0.160. The molecule has 2 atom stereocenters. The molecular formula is C9H9BrClFO2. The lowest BCUT2D eigenvalue weighted by Gasteiger charge is -2.16. The second-order valence-electron chi connectivity index (χ2n) is 2.83. The zero-order valence-corrected chi connectivity index (χ0v) is 9.46. The topological polar surface area (TPSA) is 40.5 Å². The molecule has 0 fully saturated rings. The van der Waals surface area contributed by atoms with E-state index in [0.717, 1.165) is 6.07 Å². The molecular weight excluding hydrogens is 274 g/mol. The molecule has 0 saturated carbocycles. The highest BCUT2D eigenvalue weighted by Gasteiger charge is 2.20. The Bertz CT molecular complexity index is 322. The Morgan fingerprint density at radius 1 is 1.43 bits per heavy atom. The minimum atomic E-state index is -1.18. The minimum Gasteiger partial charge on any atom is -0.389 e. The molecule has 1 aromatic rings. The van der Waals surface area contributed by atoms with Gasteiger partial charge in [0.2, 0.25) is 0 Å². The number of hydrogen-bond acceptors (Lipinski definition) is 2. The first-order chi connectivity index (χ1) is 6.56. The first-order valence-electron chi connectivity index (χ1n) is 3.93. The molecule has 0 heterocycles. The van der Waals surface area contributed by atoms with Crippen LogP contribution in [0, 0.1) is 5.82 Å². The van der Waals surface area contributed by atoms with Crippen LogP contribution in [0.5, 0.6) is 0 Å². The summed E-state index contributed by atoms with van der Waals surface area (Å²) in [7, 11) is 0. The Labute approximate surface area is 94.5 Å². The van der Waals surface area contributed by atoms with E-state index in [1.807, 2.05) is 0 Å². The molecule has 0 radical (unpaired) electrons. The van der Waals surface area contributed by atoms with E-state index in [0.29, 0.717) is 4.47 Å². The molecule has 0 amide bonds. The second kappa shape index (κ2) is 5.07. The van der Waals surface area contributed by atoms with Crippen molar-refractivity contribution in [2.45, 2.75) is 12.2 Å². The summed E-state index contributed by atoms with van der Waals surface area (Å²) in [5, 5.41) is 18.8. The van der Waals surface area contributed by atoms with Crippen molar-refractivity contribution in [3.8, 4) is 0 Å². The van der Waals surface area contributed by atoms with Crippen molar-refractivity contribution in [3.05, 3.63) is 34.1 Å². The lowest BCUT2D eigenvalue weighted by atomic mass is 10.1. The van der Waals surface area contributed by atoms with Gasteiger partial charge in [0.1, 0.15) is 11.9 Å². The van der Waals surface area contributed by atoms with Gasteiger partial charge in [-0.2, -0.15) is 0 Å². The first kappa shape index (κ1) is 11.9. The van der Waals surface area contributed by atoms with Crippen LogP contribution in [0.4, 0.5) is 4.39 Å². The fraction of sp³-hybridized carbons (Fsp3) is 0.333. The van der Waals surface area contributed by atoms with Crippen molar-refractivity contribution in [1.29, 1.82) is 0 Å². The van der Waals surface area contributed by atoms with Gasteiger partial charge < -0.3 is 10.2 Å². The summed E-state index contributed by atoms with van der Waals surface area (Å²) in [5.41, 5.74) is 0.290. The highest BCUT2D eigenvalue weighted by atomic mass is 79.9. The van der Waals surface area contributed by atoms with Crippen molar-refractivity contribution < 1.29 is 14.6 Å². The lowest BCUT2D eigenvalue weighted by Crippen LogP contribution is -2.20. The van der Waals surface area contributed by atoms with Gasteiger partial charge in [-0.15, -0.1) is 11.6 Å². The Morgan fingerprint density at radius 3 is 2.64 bits per heavy atom. The number of benzene rings is 1. The summed E-state index contributed by atoms with van der Waals surface area (Å²) in [6.45, 7) is 0. The highest BCUT2D eigenvalue weighted by molar-refractivity contribution is 9.10. The Balaban J connectivity index is 2.99. The molecule has 1 rings (SSSR count). The van der Waals surface area contributed by atoms with Crippen LogP contribution in [-0.2, 0) is 0 Å². The summed E-state index contributed by atoms with van der Waals surface area (Å²) in [6, 6.07) is 3.88. The molecule has 0 aliphatic rings. The van der Waals surface area contributed by atoms with Crippen LogP contribution in [0.2, 0.25) is 0 Å². The van der Waals surface area contributed by atoms with Gasteiger partial charge in [-0.1, -0.05) is 15.9 Å². The Morgan fingerprint density at radius 2 is 2.07 bits per heavy atom. The number of aliphatic hydroxyl groups is 2. The van der Waals surface area contributed by atoms with Crippen molar-refractivity contribution in [2.24, 2.45) is 0 Å². The number of aliphatic hydroxyl groups excluding tert-OH is 2. The molecule has 0 aliphatic heterocycles. The predicted octanol–water partition coefficient (Wildman–Crippen LogP) is 2.22. The first-order valence-corrected chi connectivity index (χ1v) is 5.26. The van der Waals surface area contributed by atoms with E-state index in [-0.39, 0.29) is 11.4 Å². The van der Waals surface area contributed by atoms with Crippen molar-refractivity contribution in [1.82, 2.24) is 0 Å². The molecule has 0 aromatic heterocycles. The number of alkyl halides is 1. The maximum absolute atomic E-state index is 12.8. The number of rotatable bonds is 3. The van der Waals surface area contributed by atoms with E-state index >= 15 is 0 Å². The molecule has 1 aromatic carbocycles. The number of halogens is 3. The van der Waals surface area contributed by atoms with Gasteiger partial charge in [-0.05, 0) is 18.2 Å². The van der Waals surface area contributed by atoms with Gasteiger partial charge in [-0.25, -0.2) is 4.39 Å². The fourth-order valence-electron chi connectivity index (χ4n) is 1.03. The van der Waals surface area contributed by atoms with Crippen molar-refractivity contribution in [2.75, 3.05) is 5.88 Å².